The average Bonchev–Trinajstić information content (AvgIpc) is 0.811. The van der Waals surface area contributed by atoms with Crippen molar-refractivity contribution in [1.82, 2.24) is 0 Å². The van der Waals surface area contributed by atoms with Crippen LogP contribution in [-0.4, -0.2) is 17.9 Å². The van der Waals surface area contributed by atoms with Crippen molar-refractivity contribution in [3.63, 3.8) is 0 Å². The first-order valence-corrected chi connectivity index (χ1v) is 6.48. The van der Waals surface area contributed by atoms with Crippen LogP contribution in [0.25, 0.3) is 0 Å². The van der Waals surface area contributed by atoms with Crippen molar-refractivity contribution in [3.05, 3.63) is 0 Å². The quantitative estimate of drug-likeness (QED) is 0.359. The fraction of sp³-hybridized carbons (Fsp3) is 1.00. The van der Waals surface area contributed by atoms with E-state index < -0.39 is 13.8 Å². The molecule has 1 N–H and O–H groups in total. The molecule has 1 unspecified atom stereocenters. The molecule has 3 heteroatoms. The van der Waals surface area contributed by atoms with E-state index in [1.807, 2.05) is 0 Å². The van der Waals surface area contributed by atoms with Crippen molar-refractivity contribution in [1.29, 1.82) is 0 Å². The van der Waals surface area contributed by atoms with Crippen LogP contribution < -0.4 is 0 Å². The van der Waals surface area contributed by atoms with Gasteiger partial charge in [0.15, 0.2) is 0 Å². The van der Waals surface area contributed by atoms with E-state index in [0.29, 0.717) is 0 Å². The van der Waals surface area contributed by atoms with Gasteiger partial charge in [-0.1, -0.05) is 0 Å². The first-order valence-electron chi connectivity index (χ1n) is 0.847. The minimum atomic E-state index is -1.49. The molecule has 0 aromatic rings. The summed E-state index contributed by atoms with van der Waals surface area (Å²) in [7, 11) is 3.67. The van der Waals surface area contributed by atoms with Crippen LogP contribution in [0.5, 0.6) is 0 Å². The second-order valence-electron chi connectivity index (χ2n) is 0.489. The molecule has 0 aromatic carbocycles. The number of thiol groups is 1. The summed E-state index contributed by atoms with van der Waals surface area (Å²) in [4.78, 5) is 0. The summed E-state index contributed by atoms with van der Waals surface area (Å²) in [6, 6.07) is 0. The average molecular weight is 140 g/mol. The van der Waals surface area contributed by atoms with Crippen LogP contribution in [0, 0.1) is 0 Å². The SMILES string of the molecule is C[As](O)S. The molecular formula is CH5AsOS. The summed E-state index contributed by atoms with van der Waals surface area (Å²) < 4.78 is 8.07. The van der Waals surface area contributed by atoms with Gasteiger partial charge in [-0.2, -0.15) is 0 Å². The summed E-state index contributed by atoms with van der Waals surface area (Å²) in [5, 5.41) is 0. The number of hydrogen-bond donors (Lipinski definition) is 2. The number of rotatable bonds is 0. The molecule has 0 fully saturated rings. The molecule has 0 amide bonds. The van der Waals surface area contributed by atoms with Gasteiger partial charge in [0.25, 0.3) is 0 Å². The Morgan fingerprint density at radius 2 is 2.00 bits per heavy atom. The van der Waals surface area contributed by atoms with Gasteiger partial charge in [-0.25, -0.2) is 0 Å². The third-order valence-electron chi connectivity index (χ3n) is 0. The van der Waals surface area contributed by atoms with Crippen molar-refractivity contribution < 1.29 is 4.10 Å². The summed E-state index contributed by atoms with van der Waals surface area (Å²) in [6.07, 6.45) is 0. The van der Waals surface area contributed by atoms with E-state index >= 15 is 0 Å². The Morgan fingerprint density at radius 3 is 2.00 bits per heavy atom. The summed E-state index contributed by atoms with van der Waals surface area (Å²) in [5.74, 6) is 0. The predicted molar refractivity (Wildman–Crippen MR) is 22.8 cm³/mol. The molecule has 0 radical (unpaired) electrons. The molecule has 1 nitrogen and oxygen atoms in total. The van der Waals surface area contributed by atoms with Crippen LogP contribution in [0.15, 0.2) is 0 Å². The summed E-state index contributed by atoms with van der Waals surface area (Å²) in [6.45, 7) is 0. The van der Waals surface area contributed by atoms with Gasteiger partial charge in [-0.3, -0.25) is 0 Å². The van der Waals surface area contributed by atoms with E-state index in [9.17, 15) is 0 Å². The number of hydrogen-bond acceptors (Lipinski definition) is 2. The second-order valence-corrected chi connectivity index (χ2v) is 5.55. The zero-order chi connectivity index (χ0) is 3.58. The Bertz CT molecular complexity index is 12.8. The molecular weight excluding hydrogens is 135 g/mol. The topological polar surface area (TPSA) is 20.2 Å². The van der Waals surface area contributed by atoms with Crippen molar-refractivity contribution in [2.75, 3.05) is 0 Å². The van der Waals surface area contributed by atoms with E-state index in [4.69, 9.17) is 4.10 Å². The third kappa shape index (κ3) is 13.3. The monoisotopic (exact) mass is 140 g/mol. The molecule has 0 aliphatic rings. The van der Waals surface area contributed by atoms with Gasteiger partial charge in [0, 0.05) is 0 Å². The van der Waals surface area contributed by atoms with Crippen molar-refractivity contribution in [3.8, 4) is 0 Å². The molecule has 1 atom stereocenters. The zero-order valence-corrected chi connectivity index (χ0v) is 5.11. The van der Waals surface area contributed by atoms with E-state index in [1.54, 1.807) is 5.71 Å². The fourth-order valence-corrected chi connectivity index (χ4v) is 0. The van der Waals surface area contributed by atoms with Gasteiger partial charge in [-0.15, -0.1) is 0 Å². The Morgan fingerprint density at radius 1 is 2.00 bits per heavy atom. The Hall–Kier alpha value is 0.868. The molecule has 0 saturated heterocycles. The summed E-state index contributed by atoms with van der Waals surface area (Å²) in [5.41, 5.74) is 1.73. The molecule has 0 bridgehead atoms. The molecule has 0 aliphatic carbocycles. The minimum absolute atomic E-state index is 1.49. The molecule has 0 rings (SSSR count). The molecule has 0 aromatic heterocycles. The molecule has 26 valence electrons. The van der Waals surface area contributed by atoms with Gasteiger partial charge in [0.05, 0.1) is 0 Å². The predicted octanol–water partition coefficient (Wildman–Crippen LogP) is 0.0265. The van der Waals surface area contributed by atoms with Crippen LogP contribution in [0.3, 0.4) is 0 Å². The van der Waals surface area contributed by atoms with Crippen LogP contribution in [0.4, 0.5) is 0 Å². The van der Waals surface area contributed by atoms with Crippen molar-refractivity contribution in [2.24, 2.45) is 0 Å². The van der Waals surface area contributed by atoms with Crippen LogP contribution in [0.2, 0.25) is 5.71 Å². The van der Waals surface area contributed by atoms with Gasteiger partial charge in [0.1, 0.15) is 0 Å². The van der Waals surface area contributed by atoms with Gasteiger partial charge in [0.2, 0.25) is 0 Å². The van der Waals surface area contributed by atoms with Crippen LogP contribution in [-0.2, 0) is 0 Å². The third-order valence-corrected chi connectivity index (χ3v) is 0. The maximum absolute atomic E-state index is 8.07. The molecule has 0 aliphatic heterocycles. The van der Waals surface area contributed by atoms with E-state index in [1.165, 1.54) is 0 Å². The first kappa shape index (κ1) is 4.87. The Labute approximate surface area is 35.0 Å². The molecule has 0 saturated carbocycles. The standard InChI is InChI=1S/CH5AsOS/c1-2(3)4/h3-4H,1H3. The Balaban J connectivity index is 2.32. The second kappa shape index (κ2) is 2.13. The fourth-order valence-electron chi connectivity index (χ4n) is 0. The molecule has 0 spiro atoms. The summed E-state index contributed by atoms with van der Waals surface area (Å²) >= 11 is -1.49. The van der Waals surface area contributed by atoms with E-state index in [-0.39, 0.29) is 0 Å². The molecule has 4 heavy (non-hydrogen) atoms. The Kier molecular flexibility index (Phi) is 2.59. The van der Waals surface area contributed by atoms with Crippen molar-refractivity contribution >= 4 is 24.7 Å². The van der Waals surface area contributed by atoms with E-state index in [2.05, 4.69) is 10.9 Å². The van der Waals surface area contributed by atoms with Gasteiger partial charge in [-0.05, 0) is 0 Å². The van der Waals surface area contributed by atoms with Crippen molar-refractivity contribution in [2.45, 2.75) is 5.71 Å². The normalized spacial score (nSPS) is 15.8. The first-order chi connectivity index (χ1) is 1.73. The van der Waals surface area contributed by atoms with Crippen LogP contribution in [0.1, 0.15) is 0 Å². The zero-order valence-electron chi connectivity index (χ0n) is 2.34. The van der Waals surface area contributed by atoms with Gasteiger partial charge < -0.3 is 0 Å². The van der Waals surface area contributed by atoms with Gasteiger partial charge >= 0.3 is 34.5 Å². The molecule has 0 heterocycles. The van der Waals surface area contributed by atoms with Crippen LogP contribution >= 0.6 is 10.9 Å². The van der Waals surface area contributed by atoms with E-state index in [0.717, 1.165) is 0 Å². The maximum atomic E-state index is 8.07.